The van der Waals surface area contributed by atoms with Crippen LogP contribution in [0.15, 0.2) is 22.7 Å². The molecule has 9 heteroatoms. The molecule has 118 valence electrons. The molecule has 0 bridgehead atoms. The lowest BCUT2D eigenvalue weighted by molar-refractivity contribution is 0.375. The van der Waals surface area contributed by atoms with Gasteiger partial charge in [0.25, 0.3) is 0 Å². The Balaban J connectivity index is 1.61. The van der Waals surface area contributed by atoms with Crippen LogP contribution in [0, 0.1) is 5.82 Å². The molecular weight excluding hydrogens is 333 g/mol. The normalized spacial score (nSPS) is 15.2. The van der Waals surface area contributed by atoms with Gasteiger partial charge in [0, 0.05) is 12.5 Å². The second kappa shape index (κ2) is 5.94. The fourth-order valence-electron chi connectivity index (χ4n) is 1.89. The first-order valence-electron chi connectivity index (χ1n) is 6.67. The second-order valence-electron chi connectivity index (χ2n) is 5.15. The number of hydrogen-bond acceptors (Lipinski definition) is 5. The van der Waals surface area contributed by atoms with Crippen LogP contribution in [0.3, 0.4) is 0 Å². The summed E-state index contributed by atoms with van der Waals surface area (Å²) in [5, 5.41) is 3.62. The van der Waals surface area contributed by atoms with Crippen molar-refractivity contribution < 1.29 is 17.3 Å². The van der Waals surface area contributed by atoms with Crippen LogP contribution in [-0.2, 0) is 22.3 Å². The van der Waals surface area contributed by atoms with E-state index in [9.17, 15) is 12.8 Å². The van der Waals surface area contributed by atoms with Gasteiger partial charge in [0.15, 0.2) is 5.82 Å². The molecule has 0 spiro atoms. The van der Waals surface area contributed by atoms with E-state index < -0.39 is 15.8 Å². The molecule has 1 N–H and O–H groups in total. The van der Waals surface area contributed by atoms with Crippen LogP contribution in [0.25, 0.3) is 0 Å². The maximum atomic E-state index is 13.0. The summed E-state index contributed by atoms with van der Waals surface area (Å²) in [6.45, 7) is 0.00959. The fraction of sp³-hybridized carbons (Fsp3) is 0.385. The Labute approximate surface area is 131 Å². The molecule has 0 saturated heterocycles. The highest BCUT2D eigenvalue weighted by molar-refractivity contribution is 7.88. The van der Waals surface area contributed by atoms with Gasteiger partial charge in [-0.3, -0.25) is 0 Å². The van der Waals surface area contributed by atoms with E-state index in [1.54, 1.807) is 0 Å². The number of aromatic nitrogens is 2. The topological polar surface area (TPSA) is 85.1 Å². The van der Waals surface area contributed by atoms with Crippen molar-refractivity contribution in [1.82, 2.24) is 14.9 Å². The van der Waals surface area contributed by atoms with Crippen molar-refractivity contribution in [2.24, 2.45) is 0 Å². The molecule has 1 aromatic carbocycles. The predicted molar refractivity (Wildman–Crippen MR) is 77.1 cm³/mol. The van der Waals surface area contributed by atoms with Crippen LogP contribution < -0.4 is 4.72 Å². The number of nitrogens with zero attached hydrogens (tertiary/aromatic N) is 2. The summed E-state index contributed by atoms with van der Waals surface area (Å²) in [5.74, 6) is -0.00832. The van der Waals surface area contributed by atoms with Crippen molar-refractivity contribution >= 4 is 21.6 Å². The summed E-state index contributed by atoms with van der Waals surface area (Å²) in [4.78, 5) is 4.07. The van der Waals surface area contributed by atoms with E-state index in [4.69, 9.17) is 16.1 Å². The molecule has 22 heavy (non-hydrogen) atoms. The Morgan fingerprint density at radius 3 is 2.86 bits per heavy atom. The molecule has 3 rings (SSSR count). The molecule has 1 aliphatic rings. The molecule has 0 amide bonds. The molecular formula is C13H13ClFN3O3S. The van der Waals surface area contributed by atoms with Gasteiger partial charge < -0.3 is 4.52 Å². The van der Waals surface area contributed by atoms with Gasteiger partial charge in [-0.05, 0) is 30.5 Å². The highest BCUT2D eigenvalue weighted by atomic mass is 35.5. The van der Waals surface area contributed by atoms with E-state index >= 15 is 0 Å². The first kappa shape index (κ1) is 15.4. The minimum atomic E-state index is -3.62. The molecule has 1 aromatic heterocycles. The van der Waals surface area contributed by atoms with Crippen LogP contribution >= 0.6 is 11.6 Å². The number of rotatable bonds is 6. The molecule has 6 nitrogen and oxygen atoms in total. The predicted octanol–water partition coefficient (Wildman–Crippen LogP) is 2.36. The lowest BCUT2D eigenvalue weighted by atomic mass is 10.2. The molecule has 1 aliphatic carbocycles. The zero-order chi connectivity index (χ0) is 15.7. The van der Waals surface area contributed by atoms with E-state index in [0.717, 1.165) is 12.8 Å². The van der Waals surface area contributed by atoms with Crippen LogP contribution in [0.4, 0.5) is 4.39 Å². The number of hydrogen-bond donors (Lipinski definition) is 1. The third kappa shape index (κ3) is 3.82. The molecule has 1 fully saturated rings. The van der Waals surface area contributed by atoms with Crippen molar-refractivity contribution in [3.8, 4) is 0 Å². The standard InChI is InChI=1S/C13H13ClFN3O3S/c14-10-5-8(1-4-11(10)15)6-16-22(19,20)7-12-17-13(21-18-12)9-2-3-9/h1,4-5,9,16H,2-3,6-7H2. The zero-order valence-electron chi connectivity index (χ0n) is 11.4. The lowest BCUT2D eigenvalue weighted by Crippen LogP contribution is -2.25. The van der Waals surface area contributed by atoms with Gasteiger partial charge in [-0.1, -0.05) is 22.8 Å². The Morgan fingerprint density at radius 2 is 2.18 bits per heavy atom. The molecule has 1 saturated carbocycles. The minimum absolute atomic E-state index is 0.00959. The zero-order valence-corrected chi connectivity index (χ0v) is 13.0. The molecule has 0 radical (unpaired) electrons. The highest BCUT2D eigenvalue weighted by Gasteiger charge is 2.30. The average Bonchev–Trinajstić information content (AvgIpc) is 3.21. The second-order valence-corrected chi connectivity index (χ2v) is 7.37. The summed E-state index contributed by atoms with van der Waals surface area (Å²) in [5.41, 5.74) is 0.557. The van der Waals surface area contributed by atoms with Gasteiger partial charge in [0.2, 0.25) is 15.9 Å². The number of benzene rings is 1. The van der Waals surface area contributed by atoms with Gasteiger partial charge in [0.05, 0.1) is 5.02 Å². The molecule has 0 aliphatic heterocycles. The summed E-state index contributed by atoms with van der Waals surface area (Å²) >= 11 is 5.65. The van der Waals surface area contributed by atoms with Crippen LogP contribution in [0.5, 0.6) is 0 Å². The SMILES string of the molecule is O=S(=O)(Cc1noc(C2CC2)n1)NCc1ccc(F)c(Cl)c1. The van der Waals surface area contributed by atoms with E-state index in [1.807, 2.05) is 0 Å². The van der Waals surface area contributed by atoms with E-state index in [-0.39, 0.29) is 29.1 Å². The largest absolute Gasteiger partial charge is 0.339 e. The van der Waals surface area contributed by atoms with Gasteiger partial charge in [-0.2, -0.15) is 4.98 Å². The lowest BCUT2D eigenvalue weighted by Gasteiger charge is -2.05. The van der Waals surface area contributed by atoms with Crippen LogP contribution in [-0.4, -0.2) is 18.6 Å². The molecule has 0 unspecified atom stereocenters. The average molecular weight is 346 g/mol. The summed E-state index contributed by atoms with van der Waals surface area (Å²) < 4.78 is 44.4. The summed E-state index contributed by atoms with van der Waals surface area (Å²) in [7, 11) is -3.62. The Kier molecular flexibility index (Phi) is 4.16. The van der Waals surface area contributed by atoms with Gasteiger partial charge in [0.1, 0.15) is 11.6 Å². The third-order valence-electron chi connectivity index (χ3n) is 3.21. The van der Waals surface area contributed by atoms with Gasteiger partial charge in [-0.25, -0.2) is 17.5 Å². The Morgan fingerprint density at radius 1 is 1.41 bits per heavy atom. The fourth-order valence-corrected chi connectivity index (χ4v) is 3.04. The smallest absolute Gasteiger partial charge is 0.229 e. The van der Waals surface area contributed by atoms with E-state index in [1.165, 1.54) is 18.2 Å². The number of sulfonamides is 1. The summed E-state index contributed by atoms with van der Waals surface area (Å²) in [6.07, 6.45) is 2.00. The Hall–Kier alpha value is -1.51. The monoisotopic (exact) mass is 345 g/mol. The minimum Gasteiger partial charge on any atom is -0.339 e. The number of halogens is 2. The number of nitrogens with one attached hydrogen (secondary N) is 1. The highest BCUT2D eigenvalue weighted by Crippen LogP contribution is 2.38. The van der Waals surface area contributed by atoms with Crippen molar-refractivity contribution in [3.63, 3.8) is 0 Å². The first-order chi connectivity index (χ1) is 10.4. The maximum Gasteiger partial charge on any atom is 0.229 e. The molecule has 0 atom stereocenters. The van der Waals surface area contributed by atoms with Crippen molar-refractivity contribution in [3.05, 3.63) is 46.3 Å². The first-order valence-corrected chi connectivity index (χ1v) is 8.70. The summed E-state index contributed by atoms with van der Waals surface area (Å²) in [6, 6.07) is 4.02. The van der Waals surface area contributed by atoms with Crippen molar-refractivity contribution in [2.75, 3.05) is 0 Å². The van der Waals surface area contributed by atoms with E-state index in [2.05, 4.69) is 14.9 Å². The van der Waals surface area contributed by atoms with E-state index in [0.29, 0.717) is 11.5 Å². The van der Waals surface area contributed by atoms with Gasteiger partial charge in [-0.15, -0.1) is 0 Å². The van der Waals surface area contributed by atoms with Crippen LogP contribution in [0.1, 0.15) is 36.0 Å². The van der Waals surface area contributed by atoms with Crippen molar-refractivity contribution in [1.29, 1.82) is 0 Å². The Bertz CT molecular complexity index is 790. The van der Waals surface area contributed by atoms with Crippen LogP contribution in [0.2, 0.25) is 5.02 Å². The molecule has 1 heterocycles. The quantitative estimate of drug-likeness (QED) is 0.868. The maximum absolute atomic E-state index is 13.0. The third-order valence-corrected chi connectivity index (χ3v) is 4.72. The van der Waals surface area contributed by atoms with Crippen molar-refractivity contribution in [2.45, 2.75) is 31.1 Å². The van der Waals surface area contributed by atoms with Gasteiger partial charge >= 0.3 is 0 Å². The molecule has 2 aromatic rings.